The van der Waals surface area contributed by atoms with Gasteiger partial charge < -0.3 is 9.88 Å². The largest absolute Gasteiger partial charge is 0.335 e. The number of aryl methyl sites for hydroxylation is 1. The lowest BCUT2D eigenvalue weighted by atomic mass is 10.0. The van der Waals surface area contributed by atoms with Gasteiger partial charge in [-0.05, 0) is 49.5 Å². The predicted octanol–water partition coefficient (Wildman–Crippen LogP) is 4.05. The predicted molar refractivity (Wildman–Crippen MR) is 114 cm³/mol. The van der Waals surface area contributed by atoms with Crippen LogP contribution in [0, 0.1) is 6.92 Å². The fourth-order valence-corrected chi connectivity index (χ4v) is 3.79. The number of amides is 1. The molecule has 0 unspecified atom stereocenters. The van der Waals surface area contributed by atoms with E-state index in [4.69, 9.17) is 0 Å². The number of thioether (sulfide) groups is 1. The Balaban J connectivity index is 1.66. The number of benzene rings is 1. The Labute approximate surface area is 171 Å². The number of nitrogens with zero attached hydrogens (tertiary/aromatic N) is 2. The summed E-state index contributed by atoms with van der Waals surface area (Å²) < 4.78 is 0. The van der Waals surface area contributed by atoms with Crippen LogP contribution in [0.3, 0.4) is 0 Å². The summed E-state index contributed by atoms with van der Waals surface area (Å²) in [6.07, 6.45) is 4.78. The molecule has 5 nitrogen and oxygen atoms in total. The molecule has 1 N–H and O–H groups in total. The lowest BCUT2D eigenvalue weighted by Crippen LogP contribution is -2.33. The second-order valence-electron chi connectivity index (χ2n) is 7.79. The maximum Gasteiger partial charge on any atom is 0.254 e. The Morgan fingerprint density at radius 1 is 1.29 bits per heavy atom. The zero-order valence-corrected chi connectivity index (χ0v) is 17.9. The van der Waals surface area contributed by atoms with E-state index in [1.54, 1.807) is 0 Å². The SMILES string of the molecule is CSc1nc(C)c(CCC(=O)N(Cc2ccc(C(C)C)cc2)C2CC2)c(=O)[nH]1. The molecule has 1 aliphatic carbocycles. The number of nitrogens with one attached hydrogen (secondary N) is 1. The number of carbonyl (C=O) groups is 1. The van der Waals surface area contributed by atoms with Crippen LogP contribution in [0.2, 0.25) is 0 Å². The highest BCUT2D eigenvalue weighted by molar-refractivity contribution is 7.98. The number of hydrogen-bond donors (Lipinski definition) is 1. The second kappa shape index (κ2) is 8.95. The van der Waals surface area contributed by atoms with Crippen molar-refractivity contribution in [2.75, 3.05) is 6.26 Å². The van der Waals surface area contributed by atoms with E-state index >= 15 is 0 Å². The summed E-state index contributed by atoms with van der Waals surface area (Å²) in [5, 5.41) is 0.613. The molecule has 0 spiro atoms. The maximum atomic E-state index is 12.9. The first kappa shape index (κ1) is 20.6. The second-order valence-corrected chi connectivity index (χ2v) is 8.58. The number of aromatic amines is 1. The fraction of sp³-hybridized carbons (Fsp3) is 0.500. The molecule has 3 rings (SSSR count). The van der Waals surface area contributed by atoms with Crippen LogP contribution in [0.4, 0.5) is 0 Å². The average molecular weight is 400 g/mol. The minimum Gasteiger partial charge on any atom is -0.335 e. The van der Waals surface area contributed by atoms with E-state index in [0.717, 1.165) is 18.4 Å². The Kier molecular flexibility index (Phi) is 6.60. The van der Waals surface area contributed by atoms with Crippen molar-refractivity contribution in [3.8, 4) is 0 Å². The molecule has 1 amide bonds. The summed E-state index contributed by atoms with van der Waals surface area (Å²) in [4.78, 5) is 34.4. The molecule has 0 aliphatic heterocycles. The third-order valence-corrected chi connectivity index (χ3v) is 5.87. The standard InChI is InChI=1S/C22H29N3O2S/c1-14(2)17-7-5-16(6-8-17)13-25(18-9-10-18)20(26)12-11-19-15(3)23-22(28-4)24-21(19)27/h5-8,14,18H,9-13H2,1-4H3,(H,23,24,27). The van der Waals surface area contributed by atoms with Gasteiger partial charge in [-0.15, -0.1) is 0 Å². The van der Waals surface area contributed by atoms with Crippen molar-refractivity contribution < 1.29 is 4.79 Å². The molecule has 1 aromatic carbocycles. The van der Waals surface area contributed by atoms with Crippen LogP contribution >= 0.6 is 11.8 Å². The highest BCUT2D eigenvalue weighted by Crippen LogP contribution is 2.29. The Hall–Kier alpha value is -2.08. The van der Waals surface area contributed by atoms with Crippen molar-refractivity contribution in [2.24, 2.45) is 0 Å². The molecule has 6 heteroatoms. The summed E-state index contributed by atoms with van der Waals surface area (Å²) in [7, 11) is 0. The van der Waals surface area contributed by atoms with E-state index in [0.29, 0.717) is 47.8 Å². The van der Waals surface area contributed by atoms with Crippen LogP contribution in [-0.2, 0) is 17.8 Å². The molecule has 0 atom stereocenters. The highest BCUT2D eigenvalue weighted by atomic mass is 32.2. The van der Waals surface area contributed by atoms with E-state index in [1.807, 2.05) is 18.1 Å². The van der Waals surface area contributed by atoms with E-state index in [-0.39, 0.29) is 11.5 Å². The van der Waals surface area contributed by atoms with Gasteiger partial charge in [0.05, 0.1) is 0 Å². The topological polar surface area (TPSA) is 66.1 Å². The van der Waals surface area contributed by atoms with Crippen molar-refractivity contribution in [3.63, 3.8) is 0 Å². The van der Waals surface area contributed by atoms with Gasteiger partial charge in [0.2, 0.25) is 5.91 Å². The van der Waals surface area contributed by atoms with Crippen molar-refractivity contribution in [1.82, 2.24) is 14.9 Å². The van der Waals surface area contributed by atoms with Gasteiger partial charge in [0.15, 0.2) is 5.16 Å². The number of carbonyl (C=O) groups excluding carboxylic acids is 1. The van der Waals surface area contributed by atoms with Crippen molar-refractivity contribution in [1.29, 1.82) is 0 Å². The molecule has 1 fully saturated rings. The van der Waals surface area contributed by atoms with Gasteiger partial charge in [0.1, 0.15) is 0 Å². The van der Waals surface area contributed by atoms with Gasteiger partial charge in [0, 0.05) is 30.3 Å². The van der Waals surface area contributed by atoms with Gasteiger partial charge in [-0.3, -0.25) is 9.59 Å². The van der Waals surface area contributed by atoms with Gasteiger partial charge in [0.25, 0.3) is 5.56 Å². The molecule has 150 valence electrons. The molecule has 1 aliphatic rings. The van der Waals surface area contributed by atoms with Crippen molar-refractivity contribution in [3.05, 3.63) is 57.0 Å². The van der Waals surface area contributed by atoms with E-state index < -0.39 is 0 Å². The van der Waals surface area contributed by atoms with Gasteiger partial charge in [-0.25, -0.2) is 4.98 Å². The van der Waals surface area contributed by atoms with E-state index in [2.05, 4.69) is 48.1 Å². The van der Waals surface area contributed by atoms with Crippen LogP contribution in [-0.4, -0.2) is 33.1 Å². The molecular formula is C22H29N3O2S. The van der Waals surface area contributed by atoms with Crippen LogP contribution < -0.4 is 5.56 Å². The molecule has 0 bridgehead atoms. The fourth-order valence-electron chi connectivity index (χ4n) is 3.36. The smallest absolute Gasteiger partial charge is 0.254 e. The van der Waals surface area contributed by atoms with E-state index in [9.17, 15) is 9.59 Å². The molecule has 2 aromatic rings. The first-order valence-corrected chi connectivity index (χ1v) is 11.1. The number of H-pyrrole nitrogens is 1. The number of rotatable bonds is 8. The Morgan fingerprint density at radius 2 is 1.96 bits per heavy atom. The summed E-state index contributed by atoms with van der Waals surface area (Å²) in [6, 6.07) is 8.89. The Morgan fingerprint density at radius 3 is 2.50 bits per heavy atom. The first-order chi connectivity index (χ1) is 13.4. The van der Waals surface area contributed by atoms with Crippen LogP contribution in [0.5, 0.6) is 0 Å². The number of aromatic nitrogens is 2. The third-order valence-electron chi connectivity index (χ3n) is 5.29. The summed E-state index contributed by atoms with van der Waals surface area (Å²) in [5.74, 6) is 0.617. The summed E-state index contributed by atoms with van der Waals surface area (Å²) >= 11 is 1.41. The molecule has 1 heterocycles. The lowest BCUT2D eigenvalue weighted by molar-refractivity contribution is -0.132. The van der Waals surface area contributed by atoms with Gasteiger partial charge in [-0.2, -0.15) is 0 Å². The summed E-state index contributed by atoms with van der Waals surface area (Å²) in [5.41, 5.74) is 3.66. The zero-order valence-electron chi connectivity index (χ0n) is 17.1. The lowest BCUT2D eigenvalue weighted by Gasteiger charge is -2.23. The Bertz CT molecular complexity index is 886. The van der Waals surface area contributed by atoms with E-state index in [1.165, 1.54) is 17.3 Å². The normalized spacial score (nSPS) is 13.8. The summed E-state index contributed by atoms with van der Waals surface area (Å²) in [6.45, 7) is 6.84. The molecule has 0 saturated heterocycles. The van der Waals surface area contributed by atoms with Crippen molar-refractivity contribution >= 4 is 17.7 Å². The molecule has 1 aromatic heterocycles. The maximum absolute atomic E-state index is 12.9. The van der Waals surface area contributed by atoms with Crippen molar-refractivity contribution in [2.45, 2.75) is 70.1 Å². The molecule has 1 saturated carbocycles. The quantitative estimate of drug-likeness (QED) is 0.537. The first-order valence-electron chi connectivity index (χ1n) is 9.91. The average Bonchev–Trinajstić information content (AvgIpc) is 3.50. The van der Waals surface area contributed by atoms with Crippen LogP contribution in [0.25, 0.3) is 0 Å². The highest BCUT2D eigenvalue weighted by Gasteiger charge is 2.32. The molecule has 0 radical (unpaired) electrons. The third kappa shape index (κ3) is 5.04. The minimum atomic E-state index is -0.133. The number of hydrogen-bond acceptors (Lipinski definition) is 4. The van der Waals surface area contributed by atoms with Crippen LogP contribution in [0.15, 0.2) is 34.2 Å². The molecular weight excluding hydrogens is 370 g/mol. The monoisotopic (exact) mass is 399 g/mol. The van der Waals surface area contributed by atoms with Crippen LogP contribution in [0.1, 0.15) is 61.4 Å². The van der Waals surface area contributed by atoms with Gasteiger partial charge >= 0.3 is 0 Å². The van der Waals surface area contributed by atoms with Gasteiger partial charge in [-0.1, -0.05) is 49.9 Å². The zero-order chi connectivity index (χ0) is 20.3. The molecule has 28 heavy (non-hydrogen) atoms. The minimum absolute atomic E-state index is 0.114.